The molecule has 3 aliphatic rings. The van der Waals surface area contributed by atoms with Crippen LogP contribution in [-0.4, -0.2) is 51.5 Å². The van der Waals surface area contributed by atoms with E-state index >= 15 is 0 Å². The Hall–Kier alpha value is -3.72. The van der Waals surface area contributed by atoms with Crippen LogP contribution in [0.1, 0.15) is 80.5 Å². The van der Waals surface area contributed by atoms with E-state index in [-0.39, 0.29) is 35.9 Å². The summed E-state index contributed by atoms with van der Waals surface area (Å²) in [6.45, 7) is 9.11. The number of amides is 1. The molecule has 2 aliphatic heterocycles. The second-order valence-corrected chi connectivity index (χ2v) is 11.5. The van der Waals surface area contributed by atoms with Crippen LogP contribution in [-0.2, 0) is 9.53 Å². The van der Waals surface area contributed by atoms with Crippen molar-refractivity contribution in [1.29, 1.82) is 0 Å². The highest BCUT2D eigenvalue weighted by Gasteiger charge is 2.41. The zero-order valence-corrected chi connectivity index (χ0v) is 22.9. The Bertz CT molecular complexity index is 1460. The Morgan fingerprint density at radius 3 is 2.69 bits per heavy atom. The molecule has 3 aromatic rings. The maximum absolute atomic E-state index is 12.5. The van der Waals surface area contributed by atoms with Gasteiger partial charge in [0.25, 0.3) is 0 Å². The van der Waals surface area contributed by atoms with Crippen LogP contribution < -0.4 is 15.8 Å². The molecule has 3 N–H and O–H groups in total. The van der Waals surface area contributed by atoms with E-state index in [1.165, 1.54) is 0 Å². The number of aromatic nitrogens is 2. The van der Waals surface area contributed by atoms with E-state index in [9.17, 15) is 9.59 Å². The van der Waals surface area contributed by atoms with E-state index < -0.39 is 5.60 Å². The molecule has 2 unspecified atom stereocenters. The lowest BCUT2D eigenvalue weighted by atomic mass is 9.84. The standard InChI is InChI=1S/C30H35N5O4/c1-5-23(31)19-8-10-24(38-18-14-35(15-18)28(36)17-6-7-17)22-13-32-26(12-21(19)22)33-25-11-9-20-27(34-25)16(2)30(3,4)39-29(20)37/h8-13,16-18,23H,5-7,14-15,31H2,1-4H3,(H,32,33,34). The van der Waals surface area contributed by atoms with E-state index in [1.54, 1.807) is 18.3 Å². The highest BCUT2D eigenvalue weighted by atomic mass is 16.6. The van der Waals surface area contributed by atoms with Gasteiger partial charge in [0.2, 0.25) is 5.91 Å². The molecule has 2 aromatic heterocycles. The number of fused-ring (bicyclic) bond motifs is 2. The lowest BCUT2D eigenvalue weighted by Gasteiger charge is -2.39. The fourth-order valence-electron chi connectivity index (χ4n) is 5.30. The van der Waals surface area contributed by atoms with E-state index in [0.29, 0.717) is 36.0 Å². The van der Waals surface area contributed by atoms with Crippen molar-refractivity contribution in [2.75, 3.05) is 18.4 Å². The minimum absolute atomic E-state index is 0.0305. The lowest BCUT2D eigenvalue weighted by Crippen LogP contribution is -2.56. The molecule has 9 heteroatoms. The first kappa shape index (κ1) is 25.6. The molecule has 1 saturated heterocycles. The van der Waals surface area contributed by atoms with Crippen LogP contribution >= 0.6 is 0 Å². The van der Waals surface area contributed by atoms with Gasteiger partial charge in [-0.05, 0) is 68.3 Å². The highest BCUT2D eigenvalue weighted by molar-refractivity contribution is 5.94. The Balaban J connectivity index is 1.27. The summed E-state index contributed by atoms with van der Waals surface area (Å²) in [5, 5.41) is 5.15. The molecule has 2 fully saturated rings. The summed E-state index contributed by atoms with van der Waals surface area (Å²) in [6, 6.07) is 9.33. The molecular weight excluding hydrogens is 494 g/mol. The first-order chi connectivity index (χ1) is 18.6. The van der Waals surface area contributed by atoms with Crippen LogP contribution in [0.2, 0.25) is 0 Å². The monoisotopic (exact) mass is 529 g/mol. The van der Waals surface area contributed by atoms with Crippen molar-refractivity contribution >= 4 is 34.3 Å². The van der Waals surface area contributed by atoms with Gasteiger partial charge in [-0.25, -0.2) is 14.8 Å². The first-order valence-corrected chi connectivity index (χ1v) is 13.8. The van der Waals surface area contributed by atoms with Crippen molar-refractivity contribution in [2.45, 2.75) is 70.6 Å². The summed E-state index contributed by atoms with van der Waals surface area (Å²) in [4.78, 5) is 36.1. The number of nitrogens with zero attached hydrogens (tertiary/aromatic N) is 3. The van der Waals surface area contributed by atoms with Crippen LogP contribution in [0, 0.1) is 5.92 Å². The predicted molar refractivity (Wildman–Crippen MR) is 148 cm³/mol. The number of esters is 1. The molecule has 4 heterocycles. The van der Waals surface area contributed by atoms with E-state index in [1.807, 2.05) is 43.9 Å². The second-order valence-electron chi connectivity index (χ2n) is 11.5. The van der Waals surface area contributed by atoms with Gasteiger partial charge in [0.1, 0.15) is 29.1 Å². The third-order valence-corrected chi connectivity index (χ3v) is 8.32. The number of hydrogen-bond donors (Lipinski definition) is 2. The van der Waals surface area contributed by atoms with Gasteiger partial charge in [0, 0.05) is 29.5 Å². The number of nitrogens with two attached hydrogens (primary N) is 1. The Morgan fingerprint density at radius 2 is 1.97 bits per heavy atom. The lowest BCUT2D eigenvalue weighted by molar-refractivity contribution is -0.141. The summed E-state index contributed by atoms with van der Waals surface area (Å²) < 4.78 is 11.9. The smallest absolute Gasteiger partial charge is 0.340 e. The molecule has 0 radical (unpaired) electrons. The van der Waals surface area contributed by atoms with Crippen LogP contribution in [0.3, 0.4) is 0 Å². The molecule has 1 aromatic carbocycles. The van der Waals surface area contributed by atoms with Crippen LogP contribution in [0.25, 0.3) is 10.8 Å². The zero-order valence-electron chi connectivity index (χ0n) is 22.9. The molecule has 1 aliphatic carbocycles. The largest absolute Gasteiger partial charge is 0.486 e. The fourth-order valence-corrected chi connectivity index (χ4v) is 5.30. The van der Waals surface area contributed by atoms with Crippen molar-refractivity contribution in [3.8, 4) is 5.75 Å². The maximum Gasteiger partial charge on any atom is 0.340 e. The number of benzene rings is 1. The molecular formula is C30H35N5O4. The number of cyclic esters (lactones) is 1. The number of carbonyl (C=O) groups excluding carboxylic acids is 2. The molecule has 1 saturated carbocycles. The van der Waals surface area contributed by atoms with Gasteiger partial charge < -0.3 is 25.4 Å². The molecule has 9 nitrogen and oxygen atoms in total. The fraction of sp³-hybridized carbons (Fsp3) is 0.467. The van der Waals surface area contributed by atoms with E-state index in [4.69, 9.17) is 20.2 Å². The van der Waals surface area contributed by atoms with Crippen LogP contribution in [0.4, 0.5) is 11.6 Å². The minimum atomic E-state index is -0.638. The summed E-state index contributed by atoms with van der Waals surface area (Å²) in [7, 11) is 0. The Labute approximate surface area is 228 Å². The van der Waals surface area contributed by atoms with Gasteiger partial charge in [0.15, 0.2) is 0 Å². The number of likely N-dealkylation sites (tertiary alicyclic amines) is 1. The third kappa shape index (κ3) is 4.69. The number of carbonyl (C=O) groups is 2. The van der Waals surface area contributed by atoms with Gasteiger partial charge in [-0.3, -0.25) is 4.79 Å². The van der Waals surface area contributed by atoms with Crippen molar-refractivity contribution in [2.24, 2.45) is 11.7 Å². The quantitative estimate of drug-likeness (QED) is 0.418. The molecule has 39 heavy (non-hydrogen) atoms. The number of rotatable bonds is 7. The average molecular weight is 530 g/mol. The van der Waals surface area contributed by atoms with Crippen molar-refractivity contribution < 1.29 is 19.1 Å². The van der Waals surface area contributed by atoms with E-state index in [0.717, 1.165) is 41.3 Å². The molecule has 0 spiro atoms. The summed E-state index contributed by atoms with van der Waals surface area (Å²) >= 11 is 0. The number of anilines is 2. The summed E-state index contributed by atoms with van der Waals surface area (Å²) in [5.74, 6) is 2.02. The number of hydrogen-bond acceptors (Lipinski definition) is 8. The van der Waals surface area contributed by atoms with Crippen molar-refractivity contribution in [3.63, 3.8) is 0 Å². The SMILES string of the molecule is CCC(N)c1ccc(OC2CN(C(=O)C3CC3)C2)c2cnc(Nc3ccc4c(n3)C(C)C(C)(C)OC4=O)cc12. The van der Waals surface area contributed by atoms with Crippen LogP contribution in [0.15, 0.2) is 36.5 Å². The normalized spacial score (nSPS) is 21.1. The van der Waals surface area contributed by atoms with Gasteiger partial charge in [-0.1, -0.05) is 19.9 Å². The molecule has 0 bridgehead atoms. The zero-order chi connectivity index (χ0) is 27.5. The van der Waals surface area contributed by atoms with Gasteiger partial charge >= 0.3 is 5.97 Å². The van der Waals surface area contributed by atoms with Gasteiger partial charge in [-0.2, -0.15) is 0 Å². The van der Waals surface area contributed by atoms with Gasteiger partial charge in [0.05, 0.1) is 24.3 Å². The molecule has 1 amide bonds. The Morgan fingerprint density at radius 1 is 1.21 bits per heavy atom. The van der Waals surface area contributed by atoms with Crippen molar-refractivity contribution in [1.82, 2.24) is 14.9 Å². The highest BCUT2D eigenvalue weighted by Crippen LogP contribution is 2.39. The molecule has 6 rings (SSSR count). The first-order valence-electron chi connectivity index (χ1n) is 13.8. The number of nitrogens with one attached hydrogen (secondary N) is 1. The van der Waals surface area contributed by atoms with Crippen LogP contribution in [0.5, 0.6) is 5.75 Å². The minimum Gasteiger partial charge on any atom is -0.486 e. The van der Waals surface area contributed by atoms with Gasteiger partial charge in [-0.15, -0.1) is 0 Å². The number of pyridine rings is 2. The van der Waals surface area contributed by atoms with E-state index in [2.05, 4.69) is 17.2 Å². The average Bonchev–Trinajstić information content (AvgIpc) is 3.74. The summed E-state index contributed by atoms with van der Waals surface area (Å²) in [6.07, 6.45) is 4.58. The summed E-state index contributed by atoms with van der Waals surface area (Å²) in [5.41, 5.74) is 8.06. The Kier molecular flexibility index (Phi) is 6.21. The third-order valence-electron chi connectivity index (χ3n) is 8.32. The number of ether oxygens (including phenoxy) is 2. The molecule has 2 atom stereocenters. The second kappa shape index (κ2) is 9.48. The molecule has 204 valence electrons. The van der Waals surface area contributed by atoms with Crippen molar-refractivity contribution in [3.05, 3.63) is 53.3 Å². The topological polar surface area (TPSA) is 120 Å². The maximum atomic E-state index is 12.5. The predicted octanol–water partition coefficient (Wildman–Crippen LogP) is 4.84.